The van der Waals surface area contributed by atoms with Crippen LogP contribution in [0.15, 0.2) is 0 Å². The standard InChI is InChI=1S/C15H24N2O4/c1-10-7-11(2)9-15(8-10)13(18)17(14(19)16-15)4-3-12-20-5-6-21-12/h10-12H,3-9H2,1-2H3,(H,16,19)/t10-,11+,15?. The van der Waals surface area contributed by atoms with E-state index in [0.29, 0.717) is 38.0 Å². The number of nitrogens with zero attached hydrogens (tertiary/aromatic N) is 1. The molecule has 21 heavy (non-hydrogen) atoms. The highest BCUT2D eigenvalue weighted by Crippen LogP contribution is 2.39. The van der Waals surface area contributed by atoms with Crippen molar-refractivity contribution >= 4 is 11.9 Å². The Morgan fingerprint density at radius 1 is 1.19 bits per heavy atom. The predicted molar refractivity (Wildman–Crippen MR) is 75.5 cm³/mol. The molecule has 3 aliphatic rings. The van der Waals surface area contributed by atoms with Crippen molar-refractivity contribution in [2.45, 2.75) is 51.4 Å². The number of imide groups is 1. The highest BCUT2D eigenvalue weighted by atomic mass is 16.7. The minimum absolute atomic E-state index is 0.0658. The number of rotatable bonds is 3. The highest BCUT2D eigenvalue weighted by molar-refractivity contribution is 6.07. The molecular formula is C15H24N2O4. The van der Waals surface area contributed by atoms with Crippen LogP contribution in [0.25, 0.3) is 0 Å². The third-order valence-corrected chi connectivity index (χ3v) is 4.72. The lowest BCUT2D eigenvalue weighted by atomic mass is 9.71. The molecule has 1 saturated carbocycles. The molecule has 0 radical (unpaired) electrons. The van der Waals surface area contributed by atoms with Gasteiger partial charge in [-0.25, -0.2) is 4.79 Å². The van der Waals surface area contributed by atoms with E-state index in [2.05, 4.69) is 19.2 Å². The Kier molecular flexibility index (Phi) is 3.92. The Bertz CT molecular complexity index is 423. The van der Waals surface area contributed by atoms with Crippen LogP contribution >= 0.6 is 0 Å². The lowest BCUT2D eigenvalue weighted by Crippen LogP contribution is -2.52. The van der Waals surface area contributed by atoms with E-state index in [0.717, 1.165) is 19.3 Å². The van der Waals surface area contributed by atoms with Crippen molar-refractivity contribution in [1.82, 2.24) is 10.2 Å². The van der Waals surface area contributed by atoms with Crippen molar-refractivity contribution < 1.29 is 19.1 Å². The first-order valence-electron chi connectivity index (χ1n) is 7.87. The first-order valence-corrected chi connectivity index (χ1v) is 7.87. The van der Waals surface area contributed by atoms with Crippen molar-refractivity contribution in [3.8, 4) is 0 Å². The van der Waals surface area contributed by atoms with Gasteiger partial charge in [-0.2, -0.15) is 0 Å². The van der Waals surface area contributed by atoms with Gasteiger partial charge in [0.1, 0.15) is 5.54 Å². The summed E-state index contributed by atoms with van der Waals surface area (Å²) >= 11 is 0. The summed E-state index contributed by atoms with van der Waals surface area (Å²) in [4.78, 5) is 26.3. The molecule has 3 fully saturated rings. The molecule has 6 heteroatoms. The lowest BCUT2D eigenvalue weighted by Gasteiger charge is -2.37. The van der Waals surface area contributed by atoms with Crippen LogP contribution < -0.4 is 5.32 Å². The Labute approximate surface area is 125 Å². The first-order chi connectivity index (χ1) is 10.00. The van der Waals surface area contributed by atoms with Gasteiger partial charge in [-0.15, -0.1) is 0 Å². The van der Waals surface area contributed by atoms with Crippen LogP contribution in [0.3, 0.4) is 0 Å². The molecule has 1 aliphatic carbocycles. The number of urea groups is 1. The second kappa shape index (κ2) is 5.57. The molecule has 1 N–H and O–H groups in total. The molecule has 2 saturated heterocycles. The molecule has 0 bridgehead atoms. The van der Waals surface area contributed by atoms with E-state index in [4.69, 9.17) is 9.47 Å². The summed E-state index contributed by atoms with van der Waals surface area (Å²) in [5, 5.41) is 2.96. The molecule has 3 atom stereocenters. The number of amides is 3. The SMILES string of the molecule is C[C@@H]1C[C@H](C)CC2(C1)NC(=O)N(CCC1OCCO1)C2=O. The summed E-state index contributed by atoms with van der Waals surface area (Å²) in [5.74, 6) is 0.850. The molecule has 3 amide bonds. The smallest absolute Gasteiger partial charge is 0.325 e. The summed E-state index contributed by atoms with van der Waals surface area (Å²) in [5.41, 5.74) is -0.675. The molecule has 3 rings (SSSR count). The number of hydrogen-bond acceptors (Lipinski definition) is 4. The lowest BCUT2D eigenvalue weighted by molar-refractivity contribution is -0.134. The van der Waals surface area contributed by atoms with Gasteiger partial charge in [0.05, 0.1) is 13.2 Å². The Balaban J connectivity index is 1.66. The van der Waals surface area contributed by atoms with Gasteiger partial charge in [0.25, 0.3) is 5.91 Å². The normalized spacial score (nSPS) is 37.5. The second-order valence-corrected chi connectivity index (χ2v) is 6.78. The summed E-state index contributed by atoms with van der Waals surface area (Å²) < 4.78 is 10.7. The van der Waals surface area contributed by atoms with E-state index in [1.54, 1.807) is 0 Å². The maximum absolute atomic E-state index is 12.7. The van der Waals surface area contributed by atoms with Crippen LogP contribution in [0, 0.1) is 11.8 Å². The van der Waals surface area contributed by atoms with Crippen molar-refractivity contribution in [3.05, 3.63) is 0 Å². The van der Waals surface area contributed by atoms with Gasteiger partial charge in [0.2, 0.25) is 0 Å². The quantitative estimate of drug-likeness (QED) is 0.801. The first kappa shape index (κ1) is 14.8. The molecular weight excluding hydrogens is 272 g/mol. The molecule has 1 unspecified atom stereocenters. The topological polar surface area (TPSA) is 67.9 Å². The maximum Gasteiger partial charge on any atom is 0.325 e. The second-order valence-electron chi connectivity index (χ2n) is 6.78. The third-order valence-electron chi connectivity index (χ3n) is 4.72. The number of carbonyl (C=O) groups is 2. The van der Waals surface area contributed by atoms with E-state index in [-0.39, 0.29) is 18.2 Å². The molecule has 0 aromatic heterocycles. The number of ether oxygens (including phenoxy) is 2. The zero-order valence-corrected chi connectivity index (χ0v) is 12.8. The van der Waals surface area contributed by atoms with Gasteiger partial charge >= 0.3 is 6.03 Å². The summed E-state index contributed by atoms with van der Waals surface area (Å²) in [6.45, 7) is 5.84. The van der Waals surface area contributed by atoms with Crippen LogP contribution in [0.1, 0.15) is 39.5 Å². The maximum atomic E-state index is 12.7. The molecule has 2 heterocycles. The van der Waals surface area contributed by atoms with Crippen LogP contribution in [-0.4, -0.2) is 48.4 Å². The van der Waals surface area contributed by atoms with Crippen molar-refractivity contribution in [3.63, 3.8) is 0 Å². The summed E-state index contributed by atoms with van der Waals surface area (Å²) in [6.07, 6.45) is 2.87. The minimum atomic E-state index is -0.675. The molecule has 6 nitrogen and oxygen atoms in total. The number of hydrogen-bond donors (Lipinski definition) is 1. The number of carbonyl (C=O) groups excluding carboxylic acids is 2. The monoisotopic (exact) mass is 296 g/mol. The van der Waals surface area contributed by atoms with E-state index < -0.39 is 5.54 Å². The van der Waals surface area contributed by atoms with Gasteiger partial charge in [-0.1, -0.05) is 13.8 Å². The molecule has 1 spiro atoms. The van der Waals surface area contributed by atoms with E-state index in [1.807, 2.05) is 0 Å². The predicted octanol–water partition coefficient (Wildman–Crippen LogP) is 1.50. The molecule has 118 valence electrons. The van der Waals surface area contributed by atoms with Gasteiger partial charge < -0.3 is 14.8 Å². The largest absolute Gasteiger partial charge is 0.350 e. The highest BCUT2D eigenvalue weighted by Gasteiger charge is 2.53. The fourth-order valence-corrected chi connectivity index (χ4v) is 4.09. The molecule has 0 aromatic carbocycles. The molecule has 2 aliphatic heterocycles. The zero-order chi connectivity index (χ0) is 15.0. The van der Waals surface area contributed by atoms with E-state index in [9.17, 15) is 9.59 Å². The van der Waals surface area contributed by atoms with Crippen LogP contribution in [0.4, 0.5) is 4.79 Å². The van der Waals surface area contributed by atoms with Crippen molar-refractivity contribution in [1.29, 1.82) is 0 Å². The average molecular weight is 296 g/mol. The van der Waals surface area contributed by atoms with Gasteiger partial charge in [-0.3, -0.25) is 9.69 Å². The minimum Gasteiger partial charge on any atom is -0.350 e. The van der Waals surface area contributed by atoms with Crippen LogP contribution in [0.5, 0.6) is 0 Å². The number of nitrogens with one attached hydrogen (secondary N) is 1. The van der Waals surface area contributed by atoms with E-state index in [1.165, 1.54) is 4.90 Å². The van der Waals surface area contributed by atoms with Gasteiger partial charge in [0, 0.05) is 13.0 Å². The Hall–Kier alpha value is -1.14. The Morgan fingerprint density at radius 2 is 1.81 bits per heavy atom. The van der Waals surface area contributed by atoms with Gasteiger partial charge in [0.15, 0.2) is 6.29 Å². The zero-order valence-electron chi connectivity index (χ0n) is 12.8. The van der Waals surface area contributed by atoms with Crippen molar-refractivity contribution in [2.75, 3.05) is 19.8 Å². The van der Waals surface area contributed by atoms with Crippen LogP contribution in [0.2, 0.25) is 0 Å². The van der Waals surface area contributed by atoms with E-state index >= 15 is 0 Å². The van der Waals surface area contributed by atoms with Crippen LogP contribution in [-0.2, 0) is 14.3 Å². The third kappa shape index (κ3) is 2.79. The fourth-order valence-electron chi connectivity index (χ4n) is 4.09. The fraction of sp³-hybridized carbons (Fsp3) is 0.867. The van der Waals surface area contributed by atoms with Gasteiger partial charge in [-0.05, 0) is 31.1 Å². The molecule has 0 aromatic rings. The average Bonchev–Trinajstić information content (AvgIpc) is 2.96. The summed E-state index contributed by atoms with van der Waals surface area (Å²) in [7, 11) is 0. The van der Waals surface area contributed by atoms with Crippen molar-refractivity contribution in [2.24, 2.45) is 11.8 Å². The Morgan fingerprint density at radius 3 is 2.43 bits per heavy atom. The summed E-state index contributed by atoms with van der Waals surface area (Å²) in [6, 6.07) is -0.265.